The standard InChI is InChI=1S/C17H21NO2S/c1-13(2)18(11-16-5-4-10-21-16)17(19)12-20-15-8-6-14(3)7-9-15/h4-10,13H,11-12H2,1-3H3. The molecule has 112 valence electrons. The molecule has 0 radical (unpaired) electrons. The summed E-state index contributed by atoms with van der Waals surface area (Å²) < 4.78 is 5.59. The van der Waals surface area contributed by atoms with Crippen LogP contribution < -0.4 is 4.74 Å². The lowest BCUT2D eigenvalue weighted by Crippen LogP contribution is -2.39. The van der Waals surface area contributed by atoms with Crippen molar-refractivity contribution in [1.29, 1.82) is 0 Å². The van der Waals surface area contributed by atoms with E-state index in [4.69, 9.17) is 4.74 Å². The highest BCUT2D eigenvalue weighted by atomic mass is 32.1. The molecule has 0 aliphatic heterocycles. The van der Waals surface area contributed by atoms with Crippen LogP contribution >= 0.6 is 11.3 Å². The number of ether oxygens (including phenoxy) is 1. The zero-order valence-corrected chi connectivity index (χ0v) is 13.5. The Morgan fingerprint density at radius 1 is 1.24 bits per heavy atom. The highest BCUT2D eigenvalue weighted by Crippen LogP contribution is 2.15. The number of amides is 1. The van der Waals surface area contributed by atoms with Crippen LogP contribution in [0.1, 0.15) is 24.3 Å². The Kier molecular flexibility index (Phi) is 5.39. The molecule has 0 unspecified atom stereocenters. The van der Waals surface area contributed by atoms with Gasteiger partial charge < -0.3 is 9.64 Å². The number of hydrogen-bond donors (Lipinski definition) is 0. The minimum Gasteiger partial charge on any atom is -0.484 e. The van der Waals surface area contributed by atoms with Crippen LogP contribution in [0.4, 0.5) is 0 Å². The van der Waals surface area contributed by atoms with Crippen LogP contribution in [0.5, 0.6) is 5.75 Å². The highest BCUT2D eigenvalue weighted by Gasteiger charge is 2.18. The first-order valence-corrected chi connectivity index (χ1v) is 7.95. The van der Waals surface area contributed by atoms with Crippen molar-refractivity contribution in [2.24, 2.45) is 0 Å². The molecule has 2 rings (SSSR count). The van der Waals surface area contributed by atoms with Crippen LogP contribution in [0.2, 0.25) is 0 Å². The van der Waals surface area contributed by atoms with Gasteiger partial charge in [0.1, 0.15) is 5.75 Å². The average molecular weight is 303 g/mol. The summed E-state index contributed by atoms with van der Waals surface area (Å²) in [7, 11) is 0. The number of rotatable bonds is 6. The van der Waals surface area contributed by atoms with Gasteiger partial charge in [-0.2, -0.15) is 0 Å². The molecule has 3 nitrogen and oxygen atoms in total. The molecule has 0 N–H and O–H groups in total. The van der Waals surface area contributed by atoms with E-state index < -0.39 is 0 Å². The summed E-state index contributed by atoms with van der Waals surface area (Å²) in [5, 5.41) is 2.03. The van der Waals surface area contributed by atoms with E-state index in [9.17, 15) is 4.79 Å². The Labute approximate surface area is 130 Å². The molecule has 1 amide bonds. The normalized spacial score (nSPS) is 10.7. The summed E-state index contributed by atoms with van der Waals surface area (Å²) >= 11 is 1.67. The third kappa shape index (κ3) is 4.60. The topological polar surface area (TPSA) is 29.5 Å². The van der Waals surface area contributed by atoms with Gasteiger partial charge in [0.15, 0.2) is 6.61 Å². The van der Waals surface area contributed by atoms with Gasteiger partial charge in [0, 0.05) is 10.9 Å². The van der Waals surface area contributed by atoms with Gasteiger partial charge in [0.2, 0.25) is 0 Å². The summed E-state index contributed by atoms with van der Waals surface area (Å²) in [6, 6.07) is 11.9. The third-order valence-electron chi connectivity index (χ3n) is 3.23. The number of hydrogen-bond acceptors (Lipinski definition) is 3. The zero-order valence-electron chi connectivity index (χ0n) is 12.7. The van der Waals surface area contributed by atoms with Crippen molar-refractivity contribution in [3.8, 4) is 5.75 Å². The monoisotopic (exact) mass is 303 g/mol. The maximum Gasteiger partial charge on any atom is 0.261 e. The molecular formula is C17H21NO2S. The van der Waals surface area contributed by atoms with Gasteiger partial charge in [-0.05, 0) is 44.4 Å². The van der Waals surface area contributed by atoms with Crippen molar-refractivity contribution in [3.05, 3.63) is 52.2 Å². The third-order valence-corrected chi connectivity index (χ3v) is 4.09. The molecule has 0 aliphatic rings. The fraction of sp³-hybridized carbons (Fsp3) is 0.353. The lowest BCUT2D eigenvalue weighted by Gasteiger charge is -2.26. The molecule has 0 aliphatic carbocycles. The quantitative estimate of drug-likeness (QED) is 0.810. The van der Waals surface area contributed by atoms with Gasteiger partial charge in [-0.3, -0.25) is 4.79 Å². The van der Waals surface area contributed by atoms with Crippen LogP contribution in [0.25, 0.3) is 0 Å². The second-order valence-electron chi connectivity index (χ2n) is 5.30. The van der Waals surface area contributed by atoms with E-state index in [2.05, 4.69) is 0 Å². The Morgan fingerprint density at radius 3 is 2.52 bits per heavy atom. The average Bonchev–Trinajstić information content (AvgIpc) is 2.96. The van der Waals surface area contributed by atoms with Gasteiger partial charge in [0.25, 0.3) is 5.91 Å². The van der Waals surface area contributed by atoms with E-state index in [-0.39, 0.29) is 18.6 Å². The van der Waals surface area contributed by atoms with Crippen LogP contribution in [-0.2, 0) is 11.3 Å². The van der Waals surface area contributed by atoms with E-state index in [0.29, 0.717) is 6.54 Å². The van der Waals surface area contributed by atoms with E-state index in [0.717, 1.165) is 5.75 Å². The van der Waals surface area contributed by atoms with Crippen molar-refractivity contribution in [2.75, 3.05) is 6.61 Å². The van der Waals surface area contributed by atoms with Gasteiger partial charge in [-0.25, -0.2) is 0 Å². The number of nitrogens with zero attached hydrogens (tertiary/aromatic N) is 1. The minimum absolute atomic E-state index is 0.0129. The van der Waals surface area contributed by atoms with Crippen LogP contribution in [0.15, 0.2) is 41.8 Å². The molecule has 0 atom stereocenters. The van der Waals surface area contributed by atoms with Gasteiger partial charge in [-0.15, -0.1) is 11.3 Å². The van der Waals surface area contributed by atoms with Gasteiger partial charge in [0.05, 0.1) is 6.54 Å². The summed E-state index contributed by atoms with van der Waals surface area (Å²) in [6.07, 6.45) is 0. The van der Waals surface area contributed by atoms with Crippen LogP contribution in [-0.4, -0.2) is 23.5 Å². The van der Waals surface area contributed by atoms with Crippen molar-refractivity contribution in [3.63, 3.8) is 0 Å². The SMILES string of the molecule is Cc1ccc(OCC(=O)N(Cc2cccs2)C(C)C)cc1. The fourth-order valence-corrected chi connectivity index (χ4v) is 2.69. The summed E-state index contributed by atoms with van der Waals surface area (Å²) in [5.74, 6) is 0.743. The molecule has 0 bridgehead atoms. The summed E-state index contributed by atoms with van der Waals surface area (Å²) in [6.45, 7) is 6.79. The molecule has 1 aromatic carbocycles. The second-order valence-corrected chi connectivity index (χ2v) is 6.33. The molecule has 0 spiro atoms. The first-order chi connectivity index (χ1) is 10.1. The van der Waals surface area contributed by atoms with E-state index in [1.807, 2.05) is 67.4 Å². The molecule has 21 heavy (non-hydrogen) atoms. The minimum atomic E-state index is 0.0129. The van der Waals surface area contributed by atoms with Gasteiger partial charge >= 0.3 is 0 Å². The van der Waals surface area contributed by atoms with Crippen LogP contribution in [0, 0.1) is 6.92 Å². The largest absolute Gasteiger partial charge is 0.484 e. The predicted octanol–water partition coefficient (Wildman–Crippen LogP) is 3.87. The van der Waals surface area contributed by atoms with Crippen LogP contribution in [0.3, 0.4) is 0 Å². The number of carbonyl (C=O) groups is 1. The molecule has 4 heteroatoms. The van der Waals surface area contributed by atoms with E-state index >= 15 is 0 Å². The number of thiophene rings is 1. The number of carbonyl (C=O) groups excluding carboxylic acids is 1. The fourth-order valence-electron chi connectivity index (χ4n) is 1.99. The summed E-state index contributed by atoms with van der Waals surface area (Å²) in [5.41, 5.74) is 1.18. The maximum absolute atomic E-state index is 12.4. The maximum atomic E-state index is 12.4. The highest BCUT2D eigenvalue weighted by molar-refractivity contribution is 7.09. The van der Waals surface area contributed by atoms with Gasteiger partial charge in [-0.1, -0.05) is 23.8 Å². The molecule has 0 fully saturated rings. The first kappa shape index (κ1) is 15.6. The van der Waals surface area contributed by atoms with E-state index in [1.165, 1.54) is 10.4 Å². The Hall–Kier alpha value is -1.81. The molecule has 0 saturated carbocycles. The molecular weight excluding hydrogens is 282 g/mol. The smallest absolute Gasteiger partial charge is 0.261 e. The molecule has 2 aromatic rings. The van der Waals surface area contributed by atoms with Crippen molar-refractivity contribution >= 4 is 17.2 Å². The van der Waals surface area contributed by atoms with Crippen molar-refractivity contribution < 1.29 is 9.53 Å². The lowest BCUT2D eigenvalue weighted by molar-refractivity contribution is -0.135. The molecule has 1 heterocycles. The lowest BCUT2D eigenvalue weighted by atomic mass is 10.2. The van der Waals surface area contributed by atoms with E-state index in [1.54, 1.807) is 11.3 Å². The second kappa shape index (κ2) is 7.27. The zero-order chi connectivity index (χ0) is 15.2. The van der Waals surface area contributed by atoms with Crippen molar-refractivity contribution in [1.82, 2.24) is 4.90 Å². The molecule has 0 saturated heterocycles. The number of benzene rings is 1. The Morgan fingerprint density at radius 2 is 1.95 bits per heavy atom. The molecule has 1 aromatic heterocycles. The van der Waals surface area contributed by atoms with Crippen molar-refractivity contribution in [2.45, 2.75) is 33.4 Å². The first-order valence-electron chi connectivity index (χ1n) is 7.07. The Balaban J connectivity index is 1.93. The Bertz CT molecular complexity index is 561. The number of aryl methyl sites for hydroxylation is 1. The summed E-state index contributed by atoms with van der Waals surface area (Å²) in [4.78, 5) is 15.4. The predicted molar refractivity (Wildman–Crippen MR) is 86.7 cm³/mol.